The monoisotopic (exact) mass is 545 g/mol. The molecule has 0 heterocycles. The number of imide groups is 1. The summed E-state index contributed by atoms with van der Waals surface area (Å²) in [5.74, 6) is -0.868. The number of carbonyl (C=O) groups is 2. The Balaban J connectivity index is 1.67. The van der Waals surface area contributed by atoms with Gasteiger partial charge in [0.15, 0.2) is 6.19 Å². The molecule has 1 atom stereocenters. The van der Waals surface area contributed by atoms with Crippen LogP contribution in [-0.4, -0.2) is 36.2 Å². The number of ether oxygens (including phenoxy) is 1. The zero-order valence-corrected chi connectivity index (χ0v) is 22.7. The van der Waals surface area contributed by atoms with Crippen molar-refractivity contribution in [2.45, 2.75) is 24.9 Å². The Labute approximate surface area is 239 Å². The number of hydrogen-bond donors (Lipinski definition) is 2. The van der Waals surface area contributed by atoms with Crippen LogP contribution in [0.1, 0.15) is 28.2 Å². The number of hydrogen-bond acceptors (Lipinski definition) is 6. The van der Waals surface area contributed by atoms with E-state index in [1.165, 1.54) is 11.2 Å². The molecule has 1 unspecified atom stereocenters. The fraction of sp³-hybridized carbons (Fsp3) is 0.152. The van der Waals surface area contributed by atoms with Gasteiger partial charge in [-0.3, -0.25) is 19.8 Å². The summed E-state index contributed by atoms with van der Waals surface area (Å²) in [5.41, 5.74) is 10.2. The van der Waals surface area contributed by atoms with E-state index in [9.17, 15) is 9.59 Å². The highest BCUT2D eigenvalue weighted by atomic mass is 16.5. The van der Waals surface area contributed by atoms with Gasteiger partial charge in [-0.05, 0) is 52.9 Å². The van der Waals surface area contributed by atoms with Crippen molar-refractivity contribution in [1.82, 2.24) is 10.2 Å². The Morgan fingerprint density at radius 1 is 0.902 bits per heavy atom. The van der Waals surface area contributed by atoms with Crippen molar-refractivity contribution in [3.8, 4) is 11.9 Å². The molecule has 0 aliphatic rings. The summed E-state index contributed by atoms with van der Waals surface area (Å²) in [7, 11) is 1.58. The second kappa shape index (κ2) is 14.2. The minimum absolute atomic E-state index is 0.0513. The van der Waals surface area contributed by atoms with Gasteiger partial charge in [0.25, 0.3) is 0 Å². The van der Waals surface area contributed by atoms with Gasteiger partial charge >= 0.3 is 0 Å². The maximum absolute atomic E-state index is 14.3. The molecule has 8 heteroatoms. The topological polar surface area (TPSA) is 121 Å². The van der Waals surface area contributed by atoms with E-state index in [4.69, 9.17) is 15.7 Å². The zero-order valence-electron chi connectivity index (χ0n) is 22.7. The number of benzene rings is 4. The van der Waals surface area contributed by atoms with Crippen LogP contribution in [0.4, 0.5) is 5.69 Å². The second-order valence-electron chi connectivity index (χ2n) is 9.36. The van der Waals surface area contributed by atoms with Crippen LogP contribution in [-0.2, 0) is 22.6 Å². The van der Waals surface area contributed by atoms with Gasteiger partial charge in [0.1, 0.15) is 12.1 Å². The number of nitrogens with one attached hydrogen (secondary N) is 1. The van der Waals surface area contributed by atoms with E-state index in [0.29, 0.717) is 11.4 Å². The SMILES string of the molecule is COc1ccc(CN(C(=O)C(N)Cc2cccc(N=CNC#N)c2)C(=O)C(c2ccccc2)c2ccccc2)cc1. The first-order valence-corrected chi connectivity index (χ1v) is 13.1. The van der Waals surface area contributed by atoms with Crippen molar-refractivity contribution < 1.29 is 14.3 Å². The van der Waals surface area contributed by atoms with Crippen molar-refractivity contribution in [3.63, 3.8) is 0 Å². The van der Waals surface area contributed by atoms with Crippen LogP contribution < -0.4 is 15.8 Å². The van der Waals surface area contributed by atoms with Crippen LogP contribution in [0.2, 0.25) is 0 Å². The van der Waals surface area contributed by atoms with Crippen LogP contribution >= 0.6 is 0 Å². The lowest BCUT2D eigenvalue weighted by atomic mass is 9.89. The summed E-state index contributed by atoms with van der Waals surface area (Å²) in [6, 6.07) is 32.3. The lowest BCUT2D eigenvalue weighted by Crippen LogP contribution is -2.49. The molecule has 4 rings (SSSR count). The highest BCUT2D eigenvalue weighted by molar-refractivity contribution is 6.02. The van der Waals surface area contributed by atoms with E-state index in [-0.39, 0.29) is 18.9 Å². The Bertz CT molecular complexity index is 1480. The number of nitriles is 1. The number of carbonyl (C=O) groups excluding carboxylic acids is 2. The zero-order chi connectivity index (χ0) is 29.0. The minimum atomic E-state index is -0.985. The van der Waals surface area contributed by atoms with Crippen molar-refractivity contribution in [2.24, 2.45) is 10.7 Å². The van der Waals surface area contributed by atoms with Gasteiger partial charge in [0.2, 0.25) is 11.8 Å². The molecule has 41 heavy (non-hydrogen) atoms. The molecule has 4 aromatic rings. The smallest absolute Gasteiger partial charge is 0.246 e. The third-order valence-corrected chi connectivity index (χ3v) is 6.57. The van der Waals surface area contributed by atoms with Gasteiger partial charge in [-0.1, -0.05) is 84.9 Å². The van der Waals surface area contributed by atoms with Gasteiger partial charge in [0.05, 0.1) is 31.3 Å². The molecule has 0 saturated carbocycles. The Hall–Kier alpha value is -5.26. The number of aliphatic imine (C=N–C) groups is 1. The Morgan fingerprint density at radius 3 is 2.12 bits per heavy atom. The molecule has 2 amide bonds. The fourth-order valence-electron chi connectivity index (χ4n) is 4.54. The van der Waals surface area contributed by atoms with E-state index in [1.807, 2.05) is 78.9 Å². The molecule has 3 N–H and O–H groups in total. The lowest BCUT2D eigenvalue weighted by molar-refractivity contribution is -0.146. The molecular weight excluding hydrogens is 514 g/mol. The van der Waals surface area contributed by atoms with E-state index in [0.717, 1.165) is 22.3 Å². The number of rotatable bonds is 11. The molecule has 0 saturated heterocycles. The van der Waals surface area contributed by atoms with Gasteiger partial charge < -0.3 is 10.5 Å². The van der Waals surface area contributed by atoms with Crippen LogP contribution in [0.25, 0.3) is 0 Å². The molecule has 0 aliphatic heterocycles. The van der Waals surface area contributed by atoms with Crippen molar-refractivity contribution >= 4 is 23.8 Å². The molecule has 0 spiro atoms. The number of nitrogens with zero attached hydrogens (tertiary/aromatic N) is 3. The average Bonchev–Trinajstić information content (AvgIpc) is 3.01. The highest BCUT2D eigenvalue weighted by Crippen LogP contribution is 2.28. The lowest BCUT2D eigenvalue weighted by Gasteiger charge is -2.29. The van der Waals surface area contributed by atoms with Gasteiger partial charge in [-0.2, -0.15) is 5.26 Å². The molecule has 0 aliphatic carbocycles. The molecule has 206 valence electrons. The standard InChI is InChI=1S/C33H31N5O3/c1-41-29-17-15-24(16-18-29)21-38(32(39)30(35)20-25-9-8-14-28(19-25)37-23-36-22-34)33(40)31(26-10-4-2-5-11-26)27-12-6-3-7-13-27/h2-19,23,30-31H,20-21,35H2,1H3,(H,36,37). The normalized spacial score (nSPS) is 11.6. The van der Waals surface area contributed by atoms with Gasteiger partial charge in [0, 0.05) is 0 Å². The molecule has 4 aromatic carbocycles. The van der Waals surface area contributed by atoms with Crippen LogP contribution in [0.15, 0.2) is 114 Å². The second-order valence-corrected chi connectivity index (χ2v) is 9.36. The third-order valence-electron chi connectivity index (χ3n) is 6.57. The predicted molar refractivity (Wildman–Crippen MR) is 158 cm³/mol. The van der Waals surface area contributed by atoms with Crippen LogP contribution in [0, 0.1) is 11.5 Å². The van der Waals surface area contributed by atoms with Crippen LogP contribution in [0.5, 0.6) is 5.75 Å². The van der Waals surface area contributed by atoms with Crippen molar-refractivity contribution in [2.75, 3.05) is 7.11 Å². The third kappa shape index (κ3) is 7.66. The predicted octanol–water partition coefficient (Wildman–Crippen LogP) is 4.68. The van der Waals surface area contributed by atoms with Crippen molar-refractivity contribution in [3.05, 3.63) is 131 Å². The highest BCUT2D eigenvalue weighted by Gasteiger charge is 2.33. The number of methoxy groups -OCH3 is 1. The maximum Gasteiger partial charge on any atom is 0.246 e. The largest absolute Gasteiger partial charge is 0.497 e. The minimum Gasteiger partial charge on any atom is -0.497 e. The van der Waals surface area contributed by atoms with E-state index >= 15 is 0 Å². The number of nitrogens with two attached hydrogens (primary N) is 1. The quantitative estimate of drug-likeness (QED) is 0.122. The summed E-state index contributed by atoms with van der Waals surface area (Å²) in [6.07, 6.45) is 3.25. The van der Waals surface area contributed by atoms with Gasteiger partial charge in [-0.25, -0.2) is 4.99 Å². The molecule has 0 bridgehead atoms. The summed E-state index contributed by atoms with van der Waals surface area (Å²) in [5, 5.41) is 11.0. The average molecular weight is 546 g/mol. The molecule has 0 aromatic heterocycles. The first kappa shape index (κ1) is 28.7. The Kier molecular flexibility index (Phi) is 9.97. The molecule has 0 fully saturated rings. The summed E-state index contributed by atoms with van der Waals surface area (Å²) in [6.45, 7) is 0.0513. The van der Waals surface area contributed by atoms with Crippen molar-refractivity contribution in [1.29, 1.82) is 5.26 Å². The maximum atomic E-state index is 14.3. The van der Waals surface area contributed by atoms with Gasteiger partial charge in [-0.15, -0.1) is 0 Å². The fourth-order valence-corrected chi connectivity index (χ4v) is 4.54. The van der Waals surface area contributed by atoms with Crippen LogP contribution in [0.3, 0.4) is 0 Å². The van der Waals surface area contributed by atoms with E-state index < -0.39 is 17.9 Å². The molecule has 0 radical (unpaired) electrons. The molecule has 8 nitrogen and oxygen atoms in total. The number of amides is 2. The molecular formula is C33H31N5O3. The first-order valence-electron chi connectivity index (χ1n) is 13.1. The summed E-state index contributed by atoms with van der Waals surface area (Å²) in [4.78, 5) is 33.7. The Morgan fingerprint density at radius 2 is 1.54 bits per heavy atom. The van der Waals surface area contributed by atoms with E-state index in [1.54, 1.807) is 43.6 Å². The summed E-state index contributed by atoms with van der Waals surface area (Å²) >= 11 is 0. The summed E-state index contributed by atoms with van der Waals surface area (Å²) < 4.78 is 5.27. The van der Waals surface area contributed by atoms with E-state index in [2.05, 4.69) is 10.3 Å². The first-order chi connectivity index (χ1) is 20.0.